The number of carbonyl (C=O) groups is 2. The van der Waals surface area contributed by atoms with Crippen molar-refractivity contribution in [3.05, 3.63) is 99.8 Å². The summed E-state index contributed by atoms with van der Waals surface area (Å²) in [7, 11) is 0. The number of fused-ring (bicyclic) bond motifs is 1. The third kappa shape index (κ3) is 6.82. The number of likely N-dealkylation sites (tertiary alicyclic amines) is 2. The summed E-state index contributed by atoms with van der Waals surface area (Å²) in [6.07, 6.45) is 3.34. The first-order valence-electron chi connectivity index (χ1n) is 16.0. The number of piperidine rings is 1. The molecule has 2 aliphatic rings. The molecule has 1 atom stereocenters. The quantitative estimate of drug-likeness (QED) is 0.128. The predicted molar refractivity (Wildman–Crippen MR) is 179 cm³/mol. The van der Waals surface area contributed by atoms with Gasteiger partial charge in [-0.1, -0.05) is 59.6 Å². The Morgan fingerprint density at radius 1 is 0.933 bits per heavy atom. The molecule has 6 rings (SSSR count). The Bertz CT molecular complexity index is 1650. The number of para-hydroxylation sites is 2. The summed E-state index contributed by atoms with van der Waals surface area (Å²) >= 11 is 12.8. The van der Waals surface area contributed by atoms with Gasteiger partial charge in [0.15, 0.2) is 5.82 Å². The molecule has 0 aliphatic carbocycles. The van der Waals surface area contributed by atoms with Crippen LogP contribution in [0.3, 0.4) is 0 Å². The van der Waals surface area contributed by atoms with Crippen LogP contribution in [0.4, 0.5) is 0 Å². The van der Waals surface area contributed by atoms with Crippen molar-refractivity contribution in [1.82, 2.24) is 19.4 Å². The zero-order valence-electron chi connectivity index (χ0n) is 25.8. The fourth-order valence-corrected chi connectivity index (χ4v) is 7.28. The van der Waals surface area contributed by atoms with E-state index in [1.165, 1.54) is 0 Å². The lowest BCUT2D eigenvalue weighted by Crippen LogP contribution is -2.41. The Kier molecular flexibility index (Phi) is 9.90. The van der Waals surface area contributed by atoms with E-state index < -0.39 is 0 Å². The number of imidazole rings is 1. The third-order valence-corrected chi connectivity index (χ3v) is 10.3. The SMILES string of the molecule is CCOCCn1c(C(=O)C2CCN(CCC3(c4ccc(Cl)c(Cl)c4)CCN(C(=O)c4ccccc4)C3)CC2)nc2ccccc21. The van der Waals surface area contributed by atoms with Gasteiger partial charge in [0.2, 0.25) is 5.78 Å². The fraction of sp³-hybridized carbons (Fsp3) is 0.417. The molecule has 0 N–H and O–H groups in total. The smallest absolute Gasteiger partial charge is 0.253 e. The molecule has 9 heteroatoms. The van der Waals surface area contributed by atoms with Crippen molar-refractivity contribution in [3.63, 3.8) is 0 Å². The maximum atomic E-state index is 13.8. The largest absolute Gasteiger partial charge is 0.380 e. The van der Waals surface area contributed by atoms with E-state index in [-0.39, 0.29) is 23.0 Å². The van der Waals surface area contributed by atoms with Gasteiger partial charge in [0.1, 0.15) is 0 Å². The summed E-state index contributed by atoms with van der Waals surface area (Å²) < 4.78 is 7.64. The molecule has 0 saturated carbocycles. The molecule has 236 valence electrons. The summed E-state index contributed by atoms with van der Waals surface area (Å²) in [5.74, 6) is 0.671. The van der Waals surface area contributed by atoms with Gasteiger partial charge in [0, 0.05) is 43.1 Å². The molecular weight excluding hydrogens is 607 g/mol. The molecule has 4 aromatic rings. The molecule has 3 heterocycles. The molecular formula is C36H40Cl2N4O3. The molecule has 1 aromatic heterocycles. The minimum Gasteiger partial charge on any atom is -0.380 e. The number of hydrogen-bond donors (Lipinski definition) is 0. The zero-order chi connectivity index (χ0) is 31.4. The molecule has 0 radical (unpaired) electrons. The molecule has 1 amide bonds. The van der Waals surface area contributed by atoms with E-state index in [0.29, 0.717) is 54.3 Å². The van der Waals surface area contributed by atoms with Crippen molar-refractivity contribution < 1.29 is 14.3 Å². The van der Waals surface area contributed by atoms with Crippen molar-refractivity contribution in [1.29, 1.82) is 0 Å². The first-order valence-corrected chi connectivity index (χ1v) is 16.7. The second-order valence-corrected chi connectivity index (χ2v) is 13.1. The standard InChI is InChI=1S/C36H40Cl2N4O3/c1-2-45-23-22-42-32-11-7-6-10-31(32)39-34(42)33(43)26-14-18-40(19-15-26)20-16-36(28-12-13-29(37)30(38)24-28)17-21-41(25-36)35(44)27-8-4-3-5-9-27/h3-13,24,26H,2,14-23,25H2,1H3. The molecule has 2 aliphatic heterocycles. The highest BCUT2D eigenvalue weighted by molar-refractivity contribution is 6.42. The second kappa shape index (κ2) is 14.0. The molecule has 2 fully saturated rings. The average Bonchev–Trinajstić information content (AvgIpc) is 3.68. The number of rotatable bonds is 11. The van der Waals surface area contributed by atoms with Crippen molar-refractivity contribution in [2.45, 2.75) is 44.6 Å². The van der Waals surface area contributed by atoms with E-state index in [1.807, 2.05) is 83.1 Å². The minimum atomic E-state index is -0.225. The first kappa shape index (κ1) is 31.7. The second-order valence-electron chi connectivity index (χ2n) is 12.3. The fourth-order valence-electron chi connectivity index (χ4n) is 6.98. The van der Waals surface area contributed by atoms with E-state index in [4.69, 9.17) is 32.9 Å². The highest BCUT2D eigenvalue weighted by Gasteiger charge is 2.42. The van der Waals surface area contributed by atoms with E-state index in [0.717, 1.165) is 61.9 Å². The maximum absolute atomic E-state index is 13.8. The van der Waals surface area contributed by atoms with Gasteiger partial charge in [0.05, 0.1) is 27.7 Å². The summed E-state index contributed by atoms with van der Waals surface area (Å²) in [4.78, 5) is 36.4. The van der Waals surface area contributed by atoms with E-state index in [9.17, 15) is 9.59 Å². The number of carbonyl (C=O) groups excluding carboxylic acids is 2. The Morgan fingerprint density at radius 2 is 1.69 bits per heavy atom. The molecule has 2 saturated heterocycles. The van der Waals surface area contributed by atoms with Gasteiger partial charge in [0.25, 0.3) is 5.91 Å². The number of nitrogens with zero attached hydrogens (tertiary/aromatic N) is 4. The zero-order valence-corrected chi connectivity index (χ0v) is 27.3. The number of hydrogen-bond acceptors (Lipinski definition) is 5. The van der Waals surface area contributed by atoms with Gasteiger partial charge in [-0.15, -0.1) is 0 Å². The number of halogens is 2. The van der Waals surface area contributed by atoms with Crippen LogP contribution in [0.1, 0.15) is 59.1 Å². The van der Waals surface area contributed by atoms with E-state index in [1.54, 1.807) is 0 Å². The van der Waals surface area contributed by atoms with Crippen LogP contribution in [-0.4, -0.2) is 77.0 Å². The van der Waals surface area contributed by atoms with Crippen LogP contribution >= 0.6 is 23.2 Å². The van der Waals surface area contributed by atoms with Gasteiger partial charge in [-0.25, -0.2) is 4.98 Å². The van der Waals surface area contributed by atoms with Crippen LogP contribution < -0.4 is 0 Å². The summed E-state index contributed by atoms with van der Waals surface area (Å²) in [6, 6.07) is 23.3. The molecule has 0 spiro atoms. The van der Waals surface area contributed by atoms with E-state index >= 15 is 0 Å². The lowest BCUT2D eigenvalue weighted by molar-refractivity contribution is 0.0778. The van der Waals surface area contributed by atoms with Crippen molar-refractivity contribution >= 4 is 45.9 Å². The van der Waals surface area contributed by atoms with Crippen molar-refractivity contribution in [3.8, 4) is 0 Å². The van der Waals surface area contributed by atoms with Crippen molar-refractivity contribution in [2.24, 2.45) is 5.92 Å². The number of amides is 1. The van der Waals surface area contributed by atoms with Gasteiger partial charge >= 0.3 is 0 Å². The summed E-state index contributed by atoms with van der Waals surface area (Å²) in [5.41, 5.74) is 3.43. The number of Topliss-reactive ketones (excluding diaryl/α,β-unsaturated/α-hetero) is 1. The van der Waals surface area contributed by atoms with Crippen LogP contribution in [0.2, 0.25) is 10.0 Å². The van der Waals surface area contributed by atoms with Crippen LogP contribution in [0.15, 0.2) is 72.8 Å². The highest BCUT2D eigenvalue weighted by Crippen LogP contribution is 2.41. The minimum absolute atomic E-state index is 0.0570. The number of benzene rings is 3. The van der Waals surface area contributed by atoms with Crippen LogP contribution in [0.25, 0.3) is 11.0 Å². The molecule has 45 heavy (non-hydrogen) atoms. The number of aromatic nitrogens is 2. The van der Waals surface area contributed by atoms with Gasteiger partial charge < -0.3 is 19.1 Å². The summed E-state index contributed by atoms with van der Waals surface area (Å²) in [5, 5.41) is 1.07. The topological polar surface area (TPSA) is 67.7 Å². The van der Waals surface area contributed by atoms with Gasteiger partial charge in [-0.05, 0) is 94.2 Å². The van der Waals surface area contributed by atoms with Crippen LogP contribution in [0.5, 0.6) is 0 Å². The number of ketones is 1. The molecule has 7 nitrogen and oxygen atoms in total. The normalized spacial score (nSPS) is 19.4. The first-order chi connectivity index (χ1) is 21.9. The van der Waals surface area contributed by atoms with Gasteiger partial charge in [-0.3, -0.25) is 9.59 Å². The van der Waals surface area contributed by atoms with Crippen LogP contribution in [0, 0.1) is 5.92 Å². The maximum Gasteiger partial charge on any atom is 0.253 e. The Morgan fingerprint density at radius 3 is 2.44 bits per heavy atom. The lowest BCUT2D eigenvalue weighted by atomic mass is 9.76. The number of ether oxygens (including phenoxy) is 1. The van der Waals surface area contributed by atoms with Crippen LogP contribution in [-0.2, 0) is 16.7 Å². The summed E-state index contributed by atoms with van der Waals surface area (Å²) in [6.45, 7) is 7.66. The molecule has 3 aromatic carbocycles. The third-order valence-electron chi connectivity index (χ3n) is 9.60. The molecule has 0 bridgehead atoms. The highest BCUT2D eigenvalue weighted by atomic mass is 35.5. The molecule has 1 unspecified atom stereocenters. The predicted octanol–water partition coefficient (Wildman–Crippen LogP) is 7.15. The van der Waals surface area contributed by atoms with E-state index in [2.05, 4.69) is 11.0 Å². The Hall–Kier alpha value is -3.23. The van der Waals surface area contributed by atoms with Crippen molar-refractivity contribution in [2.75, 3.05) is 45.9 Å². The Balaban J connectivity index is 1.13. The Labute approximate surface area is 275 Å². The lowest BCUT2D eigenvalue weighted by Gasteiger charge is -2.36. The van der Waals surface area contributed by atoms with Gasteiger partial charge in [-0.2, -0.15) is 0 Å². The average molecular weight is 648 g/mol. The monoisotopic (exact) mass is 646 g/mol.